The molecule has 0 fully saturated rings. The number of carbonyl (C=O) groups excluding carboxylic acids is 2. The third kappa shape index (κ3) is 9.14. The number of halogens is 2. The molecule has 2 amide bonds. The highest BCUT2D eigenvalue weighted by atomic mass is 79.9. The predicted molar refractivity (Wildman–Crippen MR) is 146 cm³/mol. The second-order valence-corrected chi connectivity index (χ2v) is 10.1. The monoisotopic (exact) mass is 607 g/mol. The van der Waals surface area contributed by atoms with Crippen molar-refractivity contribution in [2.75, 3.05) is 13.2 Å². The summed E-state index contributed by atoms with van der Waals surface area (Å²) in [6.07, 6.45) is 3.64. The number of ether oxygens (including phenoxy) is 2. The molecule has 0 radical (unpaired) electrons. The van der Waals surface area contributed by atoms with E-state index in [0.717, 1.165) is 25.6 Å². The van der Waals surface area contributed by atoms with Gasteiger partial charge in [-0.15, -0.1) is 0 Å². The van der Waals surface area contributed by atoms with E-state index in [1.54, 1.807) is 6.08 Å². The van der Waals surface area contributed by atoms with Crippen LogP contribution < -0.4 is 20.2 Å². The van der Waals surface area contributed by atoms with E-state index in [4.69, 9.17) is 9.47 Å². The van der Waals surface area contributed by atoms with Crippen LogP contribution in [0.5, 0.6) is 11.5 Å². The number of hydrogen-bond acceptors (Lipinski definition) is 5. The maximum Gasteiger partial charge on any atom is 0.262 e. The van der Waals surface area contributed by atoms with Gasteiger partial charge in [0.2, 0.25) is 0 Å². The summed E-state index contributed by atoms with van der Waals surface area (Å²) in [4.78, 5) is 25.3. The Morgan fingerprint density at radius 2 is 1.71 bits per heavy atom. The highest BCUT2D eigenvalue weighted by Gasteiger charge is 2.22. The molecule has 0 bridgehead atoms. The molecule has 2 aromatic rings. The SMILES string of the molecule is C=CCOc1c(Br)cc(/C=N\NC(=O)[C@@H](CC(C)C)NC(=O)COc2c(C)cccc2C)cc1Br. The molecule has 2 aromatic carbocycles. The minimum absolute atomic E-state index is 0.181. The lowest BCUT2D eigenvalue weighted by Gasteiger charge is -2.19. The molecule has 0 aliphatic heterocycles. The fourth-order valence-electron chi connectivity index (χ4n) is 3.29. The molecular formula is C26H31Br2N3O4. The van der Waals surface area contributed by atoms with Crippen LogP contribution in [-0.4, -0.2) is 37.3 Å². The molecule has 0 saturated carbocycles. The van der Waals surface area contributed by atoms with Crippen LogP contribution >= 0.6 is 31.9 Å². The molecule has 0 heterocycles. The van der Waals surface area contributed by atoms with Crippen LogP contribution in [0.2, 0.25) is 0 Å². The third-order valence-corrected chi connectivity index (χ3v) is 6.05. The van der Waals surface area contributed by atoms with Crippen LogP contribution in [0.4, 0.5) is 0 Å². The predicted octanol–water partition coefficient (Wildman–Crippen LogP) is 5.45. The molecule has 35 heavy (non-hydrogen) atoms. The lowest BCUT2D eigenvalue weighted by atomic mass is 10.0. The van der Waals surface area contributed by atoms with Gasteiger partial charge in [0.05, 0.1) is 15.2 Å². The van der Waals surface area contributed by atoms with E-state index in [2.05, 4.69) is 54.3 Å². The first-order valence-electron chi connectivity index (χ1n) is 11.2. The maximum atomic E-state index is 12.8. The normalized spacial score (nSPS) is 11.9. The Kier molecular flexibility index (Phi) is 11.5. The van der Waals surface area contributed by atoms with Crippen molar-refractivity contribution in [3.05, 3.63) is 68.6 Å². The number of aryl methyl sites for hydroxylation is 2. The summed E-state index contributed by atoms with van der Waals surface area (Å²) in [5.74, 6) is 0.730. The number of rotatable bonds is 12. The van der Waals surface area contributed by atoms with E-state index in [1.165, 1.54) is 6.21 Å². The van der Waals surface area contributed by atoms with E-state index in [1.807, 2.05) is 58.0 Å². The second kappa shape index (κ2) is 14.0. The molecule has 1 atom stereocenters. The van der Waals surface area contributed by atoms with Gasteiger partial charge in [-0.3, -0.25) is 9.59 Å². The smallest absolute Gasteiger partial charge is 0.262 e. The number of carbonyl (C=O) groups is 2. The number of hydrogen-bond donors (Lipinski definition) is 2. The van der Waals surface area contributed by atoms with Gasteiger partial charge in [0.15, 0.2) is 6.61 Å². The summed E-state index contributed by atoms with van der Waals surface area (Å²) in [6.45, 7) is 11.6. The molecule has 0 aromatic heterocycles. The van der Waals surface area contributed by atoms with E-state index in [0.29, 0.717) is 24.5 Å². The fraction of sp³-hybridized carbons (Fsp3) is 0.346. The Morgan fingerprint density at radius 1 is 1.09 bits per heavy atom. The first-order valence-corrected chi connectivity index (χ1v) is 12.7. The van der Waals surface area contributed by atoms with E-state index < -0.39 is 11.9 Å². The molecule has 0 unspecified atom stereocenters. The Hall–Kier alpha value is -2.65. The van der Waals surface area contributed by atoms with Crippen molar-refractivity contribution >= 4 is 49.9 Å². The molecule has 188 valence electrons. The Balaban J connectivity index is 2.00. The van der Waals surface area contributed by atoms with Crippen LogP contribution in [0, 0.1) is 19.8 Å². The zero-order valence-corrected chi connectivity index (χ0v) is 23.5. The maximum absolute atomic E-state index is 12.8. The van der Waals surface area contributed by atoms with Crippen molar-refractivity contribution in [3.8, 4) is 11.5 Å². The van der Waals surface area contributed by atoms with Crippen molar-refractivity contribution in [1.29, 1.82) is 0 Å². The molecule has 7 nitrogen and oxygen atoms in total. The van der Waals surface area contributed by atoms with Crippen LogP contribution in [0.15, 0.2) is 57.0 Å². The zero-order valence-electron chi connectivity index (χ0n) is 20.4. The van der Waals surface area contributed by atoms with Gasteiger partial charge < -0.3 is 14.8 Å². The van der Waals surface area contributed by atoms with Crippen LogP contribution in [0.25, 0.3) is 0 Å². The van der Waals surface area contributed by atoms with Gasteiger partial charge in [-0.25, -0.2) is 5.43 Å². The van der Waals surface area contributed by atoms with Crippen molar-refractivity contribution in [1.82, 2.24) is 10.7 Å². The lowest BCUT2D eigenvalue weighted by Crippen LogP contribution is -2.47. The summed E-state index contributed by atoms with van der Waals surface area (Å²) in [6, 6.07) is 8.67. The number of nitrogens with zero attached hydrogens (tertiary/aromatic N) is 1. The second-order valence-electron chi connectivity index (χ2n) is 8.41. The quantitative estimate of drug-likeness (QED) is 0.190. The molecule has 2 N–H and O–H groups in total. The summed E-state index contributed by atoms with van der Waals surface area (Å²) in [5.41, 5.74) is 5.15. The average Bonchev–Trinajstić information content (AvgIpc) is 2.77. The number of hydrazone groups is 1. The topological polar surface area (TPSA) is 89.0 Å². The molecule has 0 aliphatic carbocycles. The first-order chi connectivity index (χ1) is 16.6. The number of nitrogens with one attached hydrogen (secondary N) is 2. The molecule has 0 saturated heterocycles. The van der Waals surface area contributed by atoms with Crippen LogP contribution in [-0.2, 0) is 9.59 Å². The molecular weight excluding hydrogens is 578 g/mol. The van der Waals surface area contributed by atoms with Gasteiger partial charge in [0.1, 0.15) is 24.1 Å². The van der Waals surface area contributed by atoms with Gasteiger partial charge in [-0.05, 0) is 86.9 Å². The Labute approximate surface area is 223 Å². The van der Waals surface area contributed by atoms with Gasteiger partial charge in [0.25, 0.3) is 11.8 Å². The zero-order chi connectivity index (χ0) is 26.0. The number of benzene rings is 2. The highest BCUT2D eigenvalue weighted by Crippen LogP contribution is 2.34. The van der Waals surface area contributed by atoms with E-state index in [-0.39, 0.29) is 18.4 Å². The van der Waals surface area contributed by atoms with Crippen molar-refractivity contribution in [2.24, 2.45) is 11.0 Å². The van der Waals surface area contributed by atoms with Gasteiger partial charge in [-0.2, -0.15) is 5.10 Å². The van der Waals surface area contributed by atoms with Gasteiger partial charge >= 0.3 is 0 Å². The Morgan fingerprint density at radius 3 is 2.29 bits per heavy atom. The largest absolute Gasteiger partial charge is 0.487 e. The average molecular weight is 609 g/mol. The minimum atomic E-state index is -0.741. The summed E-state index contributed by atoms with van der Waals surface area (Å²) in [5, 5.41) is 6.82. The molecule has 2 rings (SSSR count). The van der Waals surface area contributed by atoms with Crippen molar-refractivity contribution in [2.45, 2.75) is 40.2 Å². The summed E-state index contributed by atoms with van der Waals surface area (Å²) < 4.78 is 12.8. The standard InChI is InChI=1S/C26H31Br2N3O4/c1-6-10-34-25-20(27)12-19(13-21(25)28)14-29-31-26(33)22(11-16(2)3)30-23(32)15-35-24-17(4)8-7-9-18(24)5/h6-9,12-14,16,22H,1,10-11,15H2,2-5H3,(H,30,32)(H,31,33)/b29-14-/t22-/m1/s1. The fourth-order valence-corrected chi connectivity index (χ4v) is 4.74. The number of para-hydroxylation sites is 1. The summed E-state index contributed by atoms with van der Waals surface area (Å²) >= 11 is 6.94. The van der Waals surface area contributed by atoms with Crippen molar-refractivity contribution < 1.29 is 19.1 Å². The summed E-state index contributed by atoms with van der Waals surface area (Å²) in [7, 11) is 0. The van der Waals surface area contributed by atoms with Crippen LogP contribution in [0.1, 0.15) is 37.0 Å². The molecule has 9 heteroatoms. The van der Waals surface area contributed by atoms with Crippen LogP contribution in [0.3, 0.4) is 0 Å². The van der Waals surface area contributed by atoms with E-state index in [9.17, 15) is 9.59 Å². The first kappa shape index (κ1) is 28.6. The lowest BCUT2D eigenvalue weighted by molar-refractivity contribution is -0.130. The highest BCUT2D eigenvalue weighted by molar-refractivity contribution is 9.11. The van der Waals surface area contributed by atoms with Gasteiger partial charge in [-0.1, -0.05) is 44.7 Å². The minimum Gasteiger partial charge on any atom is -0.487 e. The Bertz CT molecular complexity index is 1040. The third-order valence-electron chi connectivity index (χ3n) is 4.87. The number of amides is 2. The van der Waals surface area contributed by atoms with Crippen molar-refractivity contribution in [3.63, 3.8) is 0 Å². The van der Waals surface area contributed by atoms with E-state index >= 15 is 0 Å². The molecule has 0 spiro atoms. The van der Waals surface area contributed by atoms with Gasteiger partial charge in [0, 0.05) is 0 Å². The molecule has 0 aliphatic rings.